The monoisotopic (exact) mass is 311 g/mol. The fraction of sp³-hybridized carbons (Fsp3) is 0.643. The fourth-order valence-electron chi connectivity index (χ4n) is 2.64. The molecule has 1 fully saturated rings. The Morgan fingerprint density at radius 2 is 2.19 bits per heavy atom. The van der Waals surface area contributed by atoms with Gasteiger partial charge in [-0.1, -0.05) is 6.42 Å². The molecule has 0 aromatic carbocycles. The van der Waals surface area contributed by atoms with Gasteiger partial charge in [0.25, 0.3) is 0 Å². The SMILES string of the molecule is CC(C)(NC(=O)NC1CCCC(C(=O)O)C1)c1nccs1. The maximum Gasteiger partial charge on any atom is 0.315 e. The predicted molar refractivity (Wildman–Crippen MR) is 80.2 cm³/mol. The number of carbonyl (C=O) groups is 2. The minimum absolute atomic E-state index is 0.0769. The molecule has 3 N–H and O–H groups in total. The van der Waals surface area contributed by atoms with Crippen LogP contribution in [0.15, 0.2) is 11.6 Å². The lowest BCUT2D eigenvalue weighted by Crippen LogP contribution is -2.50. The van der Waals surface area contributed by atoms with Crippen molar-refractivity contribution in [2.45, 2.75) is 51.1 Å². The summed E-state index contributed by atoms with van der Waals surface area (Å²) in [5.74, 6) is -1.12. The van der Waals surface area contributed by atoms with Crippen molar-refractivity contribution in [3.63, 3.8) is 0 Å². The molecular weight excluding hydrogens is 290 g/mol. The van der Waals surface area contributed by atoms with Gasteiger partial charge in [-0.05, 0) is 33.1 Å². The molecule has 6 nitrogen and oxygen atoms in total. The molecule has 0 spiro atoms. The van der Waals surface area contributed by atoms with E-state index in [9.17, 15) is 9.59 Å². The molecule has 2 unspecified atom stereocenters. The third-order valence-electron chi connectivity index (χ3n) is 3.75. The van der Waals surface area contributed by atoms with E-state index in [2.05, 4.69) is 15.6 Å². The highest BCUT2D eigenvalue weighted by atomic mass is 32.1. The van der Waals surface area contributed by atoms with E-state index in [1.54, 1.807) is 6.20 Å². The summed E-state index contributed by atoms with van der Waals surface area (Å²) in [6.07, 6.45) is 4.56. The first-order valence-electron chi connectivity index (χ1n) is 7.10. The fourth-order valence-corrected chi connectivity index (χ4v) is 3.35. The minimum Gasteiger partial charge on any atom is -0.481 e. The number of nitrogens with zero attached hydrogens (tertiary/aromatic N) is 1. The number of hydrogen-bond donors (Lipinski definition) is 3. The number of hydrogen-bond acceptors (Lipinski definition) is 4. The Labute approximate surface area is 128 Å². The van der Waals surface area contributed by atoms with E-state index in [1.807, 2.05) is 19.2 Å². The van der Waals surface area contributed by atoms with Gasteiger partial charge in [0.05, 0.1) is 11.5 Å². The van der Waals surface area contributed by atoms with Crippen LogP contribution in [0.1, 0.15) is 44.5 Å². The topological polar surface area (TPSA) is 91.3 Å². The molecule has 2 rings (SSSR count). The Bertz CT molecular complexity index is 502. The van der Waals surface area contributed by atoms with Gasteiger partial charge in [0.1, 0.15) is 5.01 Å². The van der Waals surface area contributed by atoms with E-state index >= 15 is 0 Å². The van der Waals surface area contributed by atoms with Crippen LogP contribution in [0.25, 0.3) is 0 Å². The lowest BCUT2D eigenvalue weighted by Gasteiger charge is -2.30. The smallest absolute Gasteiger partial charge is 0.315 e. The molecule has 0 aliphatic heterocycles. The molecule has 0 radical (unpaired) electrons. The number of carboxylic acids is 1. The van der Waals surface area contributed by atoms with Gasteiger partial charge in [-0.2, -0.15) is 0 Å². The van der Waals surface area contributed by atoms with E-state index < -0.39 is 11.5 Å². The summed E-state index contributed by atoms with van der Waals surface area (Å²) < 4.78 is 0. The van der Waals surface area contributed by atoms with Crippen LogP contribution < -0.4 is 10.6 Å². The first-order valence-corrected chi connectivity index (χ1v) is 7.98. The molecule has 0 bridgehead atoms. The van der Waals surface area contributed by atoms with Crippen molar-refractivity contribution in [1.82, 2.24) is 15.6 Å². The highest BCUT2D eigenvalue weighted by molar-refractivity contribution is 7.09. The van der Waals surface area contributed by atoms with Crippen molar-refractivity contribution in [2.75, 3.05) is 0 Å². The number of urea groups is 1. The molecule has 2 amide bonds. The summed E-state index contributed by atoms with van der Waals surface area (Å²) >= 11 is 1.49. The number of rotatable bonds is 4. The summed E-state index contributed by atoms with van der Waals surface area (Å²) in [5.41, 5.74) is -0.543. The van der Waals surface area contributed by atoms with Gasteiger partial charge < -0.3 is 15.7 Å². The summed E-state index contributed by atoms with van der Waals surface area (Å²) in [6.45, 7) is 3.79. The van der Waals surface area contributed by atoms with Crippen LogP contribution in [-0.2, 0) is 10.3 Å². The maximum atomic E-state index is 12.1. The molecule has 1 saturated carbocycles. The Morgan fingerprint density at radius 3 is 2.81 bits per heavy atom. The van der Waals surface area contributed by atoms with E-state index in [0.717, 1.165) is 17.8 Å². The van der Waals surface area contributed by atoms with Crippen molar-refractivity contribution in [3.8, 4) is 0 Å². The molecule has 7 heteroatoms. The van der Waals surface area contributed by atoms with Crippen LogP contribution in [0.3, 0.4) is 0 Å². The molecule has 1 aromatic heterocycles. The van der Waals surface area contributed by atoms with Gasteiger partial charge in [-0.3, -0.25) is 4.79 Å². The molecule has 1 aromatic rings. The zero-order valence-electron chi connectivity index (χ0n) is 12.3. The van der Waals surface area contributed by atoms with Crippen LogP contribution in [0.4, 0.5) is 4.79 Å². The average molecular weight is 311 g/mol. The van der Waals surface area contributed by atoms with Crippen LogP contribution >= 0.6 is 11.3 Å². The highest BCUT2D eigenvalue weighted by Gasteiger charge is 2.30. The number of nitrogens with one attached hydrogen (secondary N) is 2. The number of thiazole rings is 1. The Morgan fingerprint density at radius 1 is 1.43 bits per heavy atom. The van der Waals surface area contributed by atoms with Crippen molar-refractivity contribution in [3.05, 3.63) is 16.6 Å². The zero-order valence-corrected chi connectivity index (χ0v) is 13.1. The zero-order chi connectivity index (χ0) is 15.5. The Kier molecular flexibility index (Phi) is 4.82. The second-order valence-electron chi connectivity index (χ2n) is 5.96. The quantitative estimate of drug-likeness (QED) is 0.796. The summed E-state index contributed by atoms with van der Waals surface area (Å²) in [6, 6.07) is -0.349. The number of aliphatic carboxylic acids is 1. The second-order valence-corrected chi connectivity index (χ2v) is 6.85. The Balaban J connectivity index is 1.88. The van der Waals surface area contributed by atoms with Gasteiger partial charge in [-0.25, -0.2) is 9.78 Å². The van der Waals surface area contributed by atoms with Crippen LogP contribution in [0.5, 0.6) is 0 Å². The molecule has 0 saturated heterocycles. The minimum atomic E-state index is -0.773. The molecule has 1 heterocycles. The molecule has 116 valence electrons. The molecular formula is C14H21N3O3S. The first-order chi connectivity index (χ1) is 9.88. The third kappa shape index (κ3) is 4.17. The number of carbonyl (C=O) groups excluding carboxylic acids is 1. The van der Waals surface area contributed by atoms with Gasteiger partial charge in [0.15, 0.2) is 0 Å². The highest BCUT2D eigenvalue weighted by Crippen LogP contribution is 2.25. The second kappa shape index (κ2) is 6.43. The number of aromatic nitrogens is 1. The first kappa shape index (κ1) is 15.8. The lowest BCUT2D eigenvalue weighted by molar-refractivity contribution is -0.143. The average Bonchev–Trinajstić information content (AvgIpc) is 2.92. The van der Waals surface area contributed by atoms with Crippen molar-refractivity contribution in [2.24, 2.45) is 5.92 Å². The molecule has 1 aliphatic carbocycles. The van der Waals surface area contributed by atoms with Gasteiger partial charge >= 0.3 is 12.0 Å². The van der Waals surface area contributed by atoms with E-state index in [-0.39, 0.29) is 18.0 Å². The maximum absolute atomic E-state index is 12.1. The van der Waals surface area contributed by atoms with E-state index in [4.69, 9.17) is 5.11 Å². The number of carboxylic acid groups (broad SMARTS) is 1. The Hall–Kier alpha value is -1.63. The molecule has 21 heavy (non-hydrogen) atoms. The van der Waals surface area contributed by atoms with Crippen molar-refractivity contribution >= 4 is 23.3 Å². The van der Waals surface area contributed by atoms with Gasteiger partial charge in [0.2, 0.25) is 0 Å². The standard InChI is InChI=1S/C14H21N3O3S/c1-14(2,12-15-6-7-21-12)17-13(20)16-10-5-3-4-9(8-10)11(18)19/h6-7,9-10H,3-5,8H2,1-2H3,(H,18,19)(H2,16,17,20). The normalized spacial score (nSPS) is 22.6. The lowest BCUT2D eigenvalue weighted by atomic mass is 9.86. The number of amides is 2. The summed E-state index contributed by atoms with van der Waals surface area (Å²) in [4.78, 5) is 27.4. The van der Waals surface area contributed by atoms with E-state index in [1.165, 1.54) is 11.3 Å². The van der Waals surface area contributed by atoms with E-state index in [0.29, 0.717) is 12.8 Å². The van der Waals surface area contributed by atoms with Gasteiger partial charge in [0, 0.05) is 17.6 Å². The summed E-state index contributed by atoms with van der Waals surface area (Å²) in [5, 5.41) is 17.6. The molecule has 1 aliphatic rings. The largest absolute Gasteiger partial charge is 0.481 e. The summed E-state index contributed by atoms with van der Waals surface area (Å²) in [7, 11) is 0. The van der Waals surface area contributed by atoms with Crippen molar-refractivity contribution in [1.29, 1.82) is 0 Å². The van der Waals surface area contributed by atoms with Gasteiger partial charge in [-0.15, -0.1) is 11.3 Å². The van der Waals surface area contributed by atoms with Crippen molar-refractivity contribution < 1.29 is 14.7 Å². The third-order valence-corrected chi connectivity index (χ3v) is 4.85. The predicted octanol–water partition coefficient (Wildman–Crippen LogP) is 2.32. The molecule has 2 atom stereocenters. The van der Waals surface area contributed by atoms with Crippen LogP contribution in [-0.4, -0.2) is 28.1 Å². The van der Waals surface area contributed by atoms with Crippen LogP contribution in [0.2, 0.25) is 0 Å². The van der Waals surface area contributed by atoms with Crippen LogP contribution in [0, 0.1) is 5.92 Å².